The van der Waals surface area contributed by atoms with Crippen LogP contribution in [0.2, 0.25) is 0 Å². The van der Waals surface area contributed by atoms with Gasteiger partial charge >= 0.3 is 0 Å². The van der Waals surface area contributed by atoms with Gasteiger partial charge in [-0.2, -0.15) is 20.4 Å². The zero-order valence-electron chi connectivity index (χ0n) is 10.3. The summed E-state index contributed by atoms with van der Waals surface area (Å²) in [5.41, 5.74) is 2.79. The van der Waals surface area contributed by atoms with Crippen LogP contribution in [0.3, 0.4) is 0 Å². The summed E-state index contributed by atoms with van der Waals surface area (Å²) < 4.78 is 5.13. The fraction of sp³-hybridized carbons (Fsp3) is 0.167. The van der Waals surface area contributed by atoms with Crippen molar-refractivity contribution in [2.75, 3.05) is 5.32 Å². The Morgan fingerprint density at radius 2 is 2.11 bits per heavy atom. The van der Waals surface area contributed by atoms with E-state index in [4.69, 9.17) is 4.52 Å². The van der Waals surface area contributed by atoms with Crippen LogP contribution in [-0.4, -0.2) is 25.6 Å². The smallest absolute Gasteiger partial charge is 0.246 e. The molecule has 0 aliphatic heterocycles. The Labute approximate surface area is 109 Å². The van der Waals surface area contributed by atoms with Gasteiger partial charge in [0.05, 0.1) is 12.7 Å². The standard InChI is InChI=1S/C12H12N6O/c1-8-2-4-9(5-3-8)13-7-11-15-12(17-19-11)10-6-14-18-16-10/h2-6,13H,7H2,1H3,(H,14,16,18). The molecule has 7 heteroatoms. The van der Waals surface area contributed by atoms with E-state index in [0.717, 1.165) is 5.69 Å². The van der Waals surface area contributed by atoms with Gasteiger partial charge in [-0.05, 0) is 19.1 Å². The number of aryl methyl sites for hydroxylation is 1. The number of aromatic amines is 1. The molecule has 0 fully saturated rings. The van der Waals surface area contributed by atoms with E-state index in [1.54, 1.807) is 6.20 Å². The van der Waals surface area contributed by atoms with E-state index in [1.807, 2.05) is 31.2 Å². The predicted octanol–water partition coefficient (Wildman–Crippen LogP) is 1.78. The maximum absolute atomic E-state index is 5.13. The van der Waals surface area contributed by atoms with Crippen molar-refractivity contribution >= 4 is 5.69 Å². The third-order valence-corrected chi connectivity index (χ3v) is 2.61. The number of H-pyrrole nitrogens is 1. The second-order valence-electron chi connectivity index (χ2n) is 4.09. The molecule has 0 radical (unpaired) electrons. The fourth-order valence-corrected chi connectivity index (χ4v) is 1.59. The van der Waals surface area contributed by atoms with Gasteiger partial charge in [-0.1, -0.05) is 22.9 Å². The third kappa shape index (κ3) is 2.59. The zero-order valence-corrected chi connectivity index (χ0v) is 10.3. The highest BCUT2D eigenvalue weighted by Crippen LogP contribution is 2.13. The molecule has 0 amide bonds. The molecule has 2 N–H and O–H groups in total. The Morgan fingerprint density at radius 3 is 2.84 bits per heavy atom. The van der Waals surface area contributed by atoms with Gasteiger partial charge in [-0.3, -0.25) is 0 Å². The van der Waals surface area contributed by atoms with Crippen molar-refractivity contribution in [1.29, 1.82) is 0 Å². The minimum atomic E-state index is 0.425. The van der Waals surface area contributed by atoms with E-state index in [1.165, 1.54) is 5.56 Å². The number of aromatic nitrogens is 5. The van der Waals surface area contributed by atoms with Crippen LogP contribution in [0.1, 0.15) is 11.5 Å². The van der Waals surface area contributed by atoms with Crippen LogP contribution in [0.25, 0.3) is 11.5 Å². The van der Waals surface area contributed by atoms with Crippen LogP contribution in [-0.2, 0) is 6.54 Å². The first kappa shape index (κ1) is 11.4. The molecule has 0 saturated heterocycles. The van der Waals surface area contributed by atoms with Gasteiger partial charge in [0.1, 0.15) is 0 Å². The van der Waals surface area contributed by atoms with Crippen LogP contribution in [0, 0.1) is 6.92 Å². The van der Waals surface area contributed by atoms with Crippen LogP contribution < -0.4 is 5.32 Å². The summed E-state index contributed by atoms with van der Waals surface area (Å²) in [5, 5.41) is 17.1. The summed E-state index contributed by atoms with van der Waals surface area (Å²) >= 11 is 0. The van der Waals surface area contributed by atoms with E-state index < -0.39 is 0 Å². The minimum absolute atomic E-state index is 0.425. The lowest BCUT2D eigenvalue weighted by Crippen LogP contribution is -1.99. The van der Waals surface area contributed by atoms with Crippen LogP contribution in [0.4, 0.5) is 5.69 Å². The fourth-order valence-electron chi connectivity index (χ4n) is 1.59. The first-order chi connectivity index (χ1) is 9.31. The van der Waals surface area contributed by atoms with E-state index >= 15 is 0 Å². The van der Waals surface area contributed by atoms with Crippen molar-refractivity contribution in [1.82, 2.24) is 25.6 Å². The average Bonchev–Trinajstić information content (AvgIpc) is 3.09. The molecule has 96 valence electrons. The molecule has 2 heterocycles. The Morgan fingerprint density at radius 1 is 1.26 bits per heavy atom. The van der Waals surface area contributed by atoms with Crippen LogP contribution in [0.5, 0.6) is 0 Å². The van der Waals surface area contributed by atoms with E-state index in [2.05, 4.69) is 30.9 Å². The summed E-state index contributed by atoms with van der Waals surface area (Å²) in [5.74, 6) is 0.924. The Balaban J connectivity index is 1.66. The van der Waals surface area contributed by atoms with Gasteiger partial charge in [0.2, 0.25) is 11.7 Å². The lowest BCUT2D eigenvalue weighted by Gasteiger charge is -2.02. The third-order valence-electron chi connectivity index (χ3n) is 2.61. The van der Waals surface area contributed by atoms with Gasteiger partial charge < -0.3 is 9.84 Å². The van der Waals surface area contributed by atoms with Gasteiger partial charge in [0.25, 0.3) is 0 Å². The quantitative estimate of drug-likeness (QED) is 0.739. The second-order valence-corrected chi connectivity index (χ2v) is 4.09. The largest absolute Gasteiger partial charge is 0.376 e. The van der Waals surface area contributed by atoms with E-state index in [9.17, 15) is 0 Å². The molecule has 0 atom stereocenters. The van der Waals surface area contributed by atoms with E-state index in [-0.39, 0.29) is 0 Å². The minimum Gasteiger partial charge on any atom is -0.376 e. The number of benzene rings is 1. The molecule has 2 aromatic heterocycles. The SMILES string of the molecule is Cc1ccc(NCc2nc(-c3cn[nH]n3)no2)cc1. The maximum Gasteiger partial charge on any atom is 0.246 e. The van der Waals surface area contributed by atoms with Crippen LogP contribution in [0.15, 0.2) is 35.0 Å². The number of nitrogens with one attached hydrogen (secondary N) is 2. The number of anilines is 1. The summed E-state index contributed by atoms with van der Waals surface area (Å²) in [7, 11) is 0. The molecular weight excluding hydrogens is 244 g/mol. The van der Waals surface area contributed by atoms with Crippen LogP contribution >= 0.6 is 0 Å². The van der Waals surface area contributed by atoms with Crippen molar-refractivity contribution in [3.8, 4) is 11.5 Å². The second kappa shape index (κ2) is 4.89. The maximum atomic E-state index is 5.13. The number of rotatable bonds is 4. The van der Waals surface area contributed by atoms with Gasteiger partial charge in [-0.15, -0.1) is 0 Å². The lowest BCUT2D eigenvalue weighted by atomic mass is 10.2. The van der Waals surface area contributed by atoms with Crippen molar-refractivity contribution in [3.05, 3.63) is 41.9 Å². The normalized spacial score (nSPS) is 10.6. The first-order valence-corrected chi connectivity index (χ1v) is 5.80. The number of nitrogens with zero attached hydrogens (tertiary/aromatic N) is 4. The Kier molecular flexibility index (Phi) is 2.93. The van der Waals surface area contributed by atoms with Gasteiger partial charge in [0.15, 0.2) is 5.69 Å². The van der Waals surface area contributed by atoms with Crippen molar-refractivity contribution < 1.29 is 4.52 Å². The molecule has 3 rings (SSSR count). The molecule has 0 bridgehead atoms. The molecule has 0 aliphatic rings. The Hall–Kier alpha value is -2.70. The highest BCUT2D eigenvalue weighted by Gasteiger charge is 2.10. The van der Waals surface area contributed by atoms with E-state index in [0.29, 0.717) is 24.0 Å². The molecule has 7 nitrogen and oxygen atoms in total. The molecule has 3 aromatic rings. The topological polar surface area (TPSA) is 92.5 Å². The molecule has 1 aromatic carbocycles. The highest BCUT2D eigenvalue weighted by atomic mass is 16.5. The zero-order chi connectivity index (χ0) is 13.1. The Bertz CT molecular complexity index is 643. The summed E-state index contributed by atoms with van der Waals surface area (Å²) in [6, 6.07) is 8.09. The predicted molar refractivity (Wildman–Crippen MR) is 68.2 cm³/mol. The van der Waals surface area contributed by atoms with Gasteiger partial charge in [-0.25, -0.2) is 0 Å². The molecular formula is C12H12N6O. The molecule has 0 spiro atoms. The van der Waals surface area contributed by atoms with Crippen molar-refractivity contribution in [2.45, 2.75) is 13.5 Å². The summed E-state index contributed by atoms with van der Waals surface area (Å²) in [4.78, 5) is 4.22. The monoisotopic (exact) mass is 256 g/mol. The molecule has 0 aliphatic carbocycles. The summed E-state index contributed by atoms with van der Waals surface area (Å²) in [6.07, 6.45) is 1.54. The molecule has 0 saturated carbocycles. The van der Waals surface area contributed by atoms with Crippen molar-refractivity contribution in [3.63, 3.8) is 0 Å². The average molecular weight is 256 g/mol. The highest BCUT2D eigenvalue weighted by molar-refractivity contribution is 5.46. The lowest BCUT2D eigenvalue weighted by molar-refractivity contribution is 0.384. The van der Waals surface area contributed by atoms with Crippen molar-refractivity contribution in [2.24, 2.45) is 0 Å². The number of hydrogen-bond donors (Lipinski definition) is 2. The van der Waals surface area contributed by atoms with Gasteiger partial charge in [0, 0.05) is 5.69 Å². The molecule has 19 heavy (non-hydrogen) atoms. The first-order valence-electron chi connectivity index (χ1n) is 5.80. The summed E-state index contributed by atoms with van der Waals surface area (Å²) in [6.45, 7) is 2.51. The number of hydrogen-bond acceptors (Lipinski definition) is 6. The molecule has 0 unspecified atom stereocenters.